The molecule has 2 heterocycles. The average molecular weight is 711 g/mol. The molecule has 0 aliphatic heterocycles. The molecule has 0 atom stereocenters. The number of hydrogen-bond acceptors (Lipinski definition) is 2. The van der Waals surface area contributed by atoms with E-state index in [1.807, 2.05) is 30.6 Å². The van der Waals surface area contributed by atoms with E-state index in [4.69, 9.17) is 4.98 Å². The second-order valence-corrected chi connectivity index (χ2v) is 14.6. The van der Waals surface area contributed by atoms with Crippen molar-refractivity contribution in [2.24, 2.45) is 0 Å². The summed E-state index contributed by atoms with van der Waals surface area (Å²) >= 11 is 0. The number of aromatic nitrogens is 2. The average Bonchev–Trinajstić information content (AvgIpc) is 3.27. The van der Waals surface area contributed by atoms with Crippen molar-refractivity contribution in [2.45, 2.75) is 0 Å². The van der Waals surface area contributed by atoms with Crippen LogP contribution in [0, 0.1) is 0 Å². The van der Waals surface area contributed by atoms with Crippen LogP contribution in [0.2, 0.25) is 0 Å². The van der Waals surface area contributed by atoms with E-state index in [0.29, 0.717) is 0 Å². The molecule has 9 aromatic carbocycles. The van der Waals surface area contributed by atoms with Crippen LogP contribution in [-0.2, 0) is 0 Å². The summed E-state index contributed by atoms with van der Waals surface area (Å²) in [6.07, 6.45) is 3.91. The molecule has 2 aromatic heterocycles. The van der Waals surface area contributed by atoms with E-state index in [9.17, 15) is 0 Å². The number of rotatable bonds is 5. The van der Waals surface area contributed by atoms with Crippen molar-refractivity contribution < 1.29 is 0 Å². The first-order valence-electron chi connectivity index (χ1n) is 19.1. The molecule has 11 rings (SSSR count). The Labute approximate surface area is 325 Å². The van der Waals surface area contributed by atoms with Crippen molar-refractivity contribution in [3.63, 3.8) is 0 Å². The molecule has 0 amide bonds. The molecule has 2 nitrogen and oxygen atoms in total. The fourth-order valence-corrected chi connectivity index (χ4v) is 8.47. The van der Waals surface area contributed by atoms with Crippen LogP contribution in [-0.4, -0.2) is 9.97 Å². The SMILES string of the molecule is c1ccc2cc(-c3ccc(-c4c5ccccc5c(-c5ccc6ccccc6c5)c5cc(-c6ccc(-c7cnc8ccccc8c7)nc6)ccc45)cc3)ccc2c1. The minimum absolute atomic E-state index is 0.907. The van der Waals surface area contributed by atoms with Gasteiger partial charge in [-0.05, 0) is 118 Å². The van der Waals surface area contributed by atoms with Gasteiger partial charge in [0, 0.05) is 28.9 Å². The third kappa shape index (κ3) is 5.51. The third-order valence-corrected chi connectivity index (χ3v) is 11.3. The Morgan fingerprint density at radius 3 is 1.45 bits per heavy atom. The van der Waals surface area contributed by atoms with Gasteiger partial charge in [-0.3, -0.25) is 9.97 Å². The first-order chi connectivity index (χ1) is 27.7. The largest absolute Gasteiger partial charge is 0.256 e. The van der Waals surface area contributed by atoms with Crippen LogP contribution < -0.4 is 0 Å². The van der Waals surface area contributed by atoms with Crippen LogP contribution in [0.15, 0.2) is 207 Å². The maximum Gasteiger partial charge on any atom is 0.0718 e. The molecule has 0 N–H and O–H groups in total. The van der Waals surface area contributed by atoms with Gasteiger partial charge in [-0.2, -0.15) is 0 Å². The molecule has 56 heavy (non-hydrogen) atoms. The van der Waals surface area contributed by atoms with Crippen molar-refractivity contribution in [3.05, 3.63) is 207 Å². The van der Waals surface area contributed by atoms with E-state index >= 15 is 0 Å². The van der Waals surface area contributed by atoms with Crippen molar-refractivity contribution in [1.29, 1.82) is 0 Å². The highest BCUT2D eigenvalue weighted by Crippen LogP contribution is 2.45. The molecule has 260 valence electrons. The number of benzene rings is 9. The maximum absolute atomic E-state index is 4.95. The number of para-hydroxylation sites is 1. The molecule has 0 unspecified atom stereocenters. The van der Waals surface area contributed by atoms with Crippen molar-refractivity contribution >= 4 is 54.0 Å². The summed E-state index contributed by atoms with van der Waals surface area (Å²) in [4.78, 5) is 9.63. The molecule has 11 aromatic rings. The topological polar surface area (TPSA) is 25.8 Å². The van der Waals surface area contributed by atoms with Crippen molar-refractivity contribution in [3.8, 4) is 55.8 Å². The molecule has 0 fully saturated rings. The molecule has 0 saturated carbocycles. The standard InChI is InChI=1S/C54H34N2/c1-3-11-39-29-41(23-19-35(39)9-1)37-17-21-38(22-18-37)53-47-14-6-7-15-48(47)54(44-24-20-36-10-2-4-12-40(36)30-44)50-32-42(25-27-49(50)53)45-26-28-52(55-33-45)46-31-43-13-5-8-16-51(43)56-34-46/h1-34H. The van der Waals surface area contributed by atoms with Gasteiger partial charge in [-0.1, -0.05) is 158 Å². The molecule has 0 aliphatic rings. The van der Waals surface area contributed by atoms with Gasteiger partial charge in [0.15, 0.2) is 0 Å². The lowest BCUT2D eigenvalue weighted by Crippen LogP contribution is -1.92. The Balaban J connectivity index is 1.08. The van der Waals surface area contributed by atoms with E-state index in [1.165, 1.54) is 76.5 Å². The quantitative estimate of drug-likeness (QED) is 0.166. The lowest BCUT2D eigenvalue weighted by atomic mass is 9.84. The first kappa shape index (κ1) is 32.0. The van der Waals surface area contributed by atoms with E-state index < -0.39 is 0 Å². The third-order valence-electron chi connectivity index (χ3n) is 11.3. The van der Waals surface area contributed by atoms with Gasteiger partial charge < -0.3 is 0 Å². The molecule has 0 saturated heterocycles. The Morgan fingerprint density at radius 2 is 0.732 bits per heavy atom. The van der Waals surface area contributed by atoms with Crippen LogP contribution in [0.1, 0.15) is 0 Å². The summed E-state index contributed by atoms with van der Waals surface area (Å²) in [6.45, 7) is 0. The van der Waals surface area contributed by atoms with E-state index in [-0.39, 0.29) is 0 Å². The Morgan fingerprint density at radius 1 is 0.250 bits per heavy atom. The summed E-state index contributed by atoms with van der Waals surface area (Å²) in [6, 6.07) is 70.4. The zero-order valence-corrected chi connectivity index (χ0v) is 30.5. The summed E-state index contributed by atoms with van der Waals surface area (Å²) < 4.78 is 0. The summed E-state index contributed by atoms with van der Waals surface area (Å²) in [5, 5.41) is 11.0. The monoisotopic (exact) mass is 710 g/mol. The molecule has 0 aliphatic carbocycles. The minimum atomic E-state index is 0.907. The number of fused-ring (bicyclic) bond motifs is 5. The van der Waals surface area contributed by atoms with Crippen LogP contribution in [0.3, 0.4) is 0 Å². The maximum atomic E-state index is 4.95. The highest BCUT2D eigenvalue weighted by Gasteiger charge is 2.18. The Hall–Kier alpha value is -7.42. The second kappa shape index (κ2) is 13.2. The molecule has 0 spiro atoms. The van der Waals surface area contributed by atoms with Gasteiger partial charge in [0.1, 0.15) is 0 Å². The van der Waals surface area contributed by atoms with Gasteiger partial charge >= 0.3 is 0 Å². The van der Waals surface area contributed by atoms with E-state index in [2.05, 4.69) is 181 Å². The van der Waals surface area contributed by atoms with Gasteiger partial charge in [0.25, 0.3) is 0 Å². The molecule has 0 radical (unpaired) electrons. The first-order valence-corrected chi connectivity index (χ1v) is 19.1. The van der Waals surface area contributed by atoms with E-state index in [0.717, 1.165) is 33.3 Å². The highest BCUT2D eigenvalue weighted by atomic mass is 14.7. The van der Waals surface area contributed by atoms with Crippen molar-refractivity contribution in [2.75, 3.05) is 0 Å². The van der Waals surface area contributed by atoms with Gasteiger partial charge in [0.2, 0.25) is 0 Å². The second-order valence-electron chi connectivity index (χ2n) is 14.6. The lowest BCUT2D eigenvalue weighted by molar-refractivity contribution is 1.31. The highest BCUT2D eigenvalue weighted by molar-refractivity contribution is 6.22. The summed E-state index contributed by atoms with van der Waals surface area (Å²) in [7, 11) is 0. The lowest BCUT2D eigenvalue weighted by Gasteiger charge is -2.19. The van der Waals surface area contributed by atoms with Gasteiger partial charge in [-0.15, -0.1) is 0 Å². The number of hydrogen-bond donors (Lipinski definition) is 0. The molecule has 2 heteroatoms. The normalized spacial score (nSPS) is 11.6. The van der Waals surface area contributed by atoms with Gasteiger partial charge in [0.05, 0.1) is 11.2 Å². The Kier molecular flexibility index (Phi) is 7.53. The van der Waals surface area contributed by atoms with Crippen LogP contribution >= 0.6 is 0 Å². The molecule has 0 bridgehead atoms. The molecular formula is C54H34N2. The number of nitrogens with zero attached hydrogens (tertiary/aromatic N) is 2. The smallest absolute Gasteiger partial charge is 0.0718 e. The van der Waals surface area contributed by atoms with Gasteiger partial charge in [-0.25, -0.2) is 0 Å². The fourth-order valence-electron chi connectivity index (χ4n) is 8.47. The Bertz CT molecular complexity index is 3290. The van der Waals surface area contributed by atoms with E-state index in [1.54, 1.807) is 0 Å². The van der Waals surface area contributed by atoms with Crippen LogP contribution in [0.25, 0.3) is 110 Å². The summed E-state index contributed by atoms with van der Waals surface area (Å²) in [5.41, 5.74) is 12.4. The predicted octanol–water partition coefficient (Wildman–Crippen LogP) is 14.6. The van der Waals surface area contributed by atoms with Crippen LogP contribution in [0.4, 0.5) is 0 Å². The summed E-state index contributed by atoms with van der Waals surface area (Å²) in [5.74, 6) is 0. The van der Waals surface area contributed by atoms with Crippen molar-refractivity contribution in [1.82, 2.24) is 9.97 Å². The zero-order chi connectivity index (χ0) is 37.0. The molecular weight excluding hydrogens is 677 g/mol. The fraction of sp³-hybridized carbons (Fsp3) is 0. The van der Waals surface area contributed by atoms with Crippen LogP contribution in [0.5, 0.6) is 0 Å². The minimum Gasteiger partial charge on any atom is -0.256 e. The predicted molar refractivity (Wildman–Crippen MR) is 237 cm³/mol. The number of pyridine rings is 2. The zero-order valence-electron chi connectivity index (χ0n) is 30.5.